The van der Waals surface area contributed by atoms with Crippen molar-refractivity contribution in [3.8, 4) is 0 Å². The molecule has 0 saturated heterocycles. The SMILES string of the molecule is CCCC(C)=CC=C(C)F. The van der Waals surface area contributed by atoms with Gasteiger partial charge in [-0.15, -0.1) is 0 Å². The smallest absolute Gasteiger partial charge is 0.0968 e. The lowest BCUT2D eigenvalue weighted by molar-refractivity contribution is 0.640. The van der Waals surface area contributed by atoms with Crippen molar-refractivity contribution in [2.24, 2.45) is 0 Å². The van der Waals surface area contributed by atoms with Gasteiger partial charge in [0.2, 0.25) is 0 Å². The standard InChI is InChI=1S/C9H15F/c1-4-5-8(2)6-7-9(3)10/h6-7H,4-5H2,1-3H3. The van der Waals surface area contributed by atoms with E-state index >= 15 is 0 Å². The van der Waals surface area contributed by atoms with Crippen LogP contribution >= 0.6 is 0 Å². The van der Waals surface area contributed by atoms with Gasteiger partial charge in [-0.05, 0) is 26.3 Å². The second kappa shape index (κ2) is 5.21. The van der Waals surface area contributed by atoms with Crippen molar-refractivity contribution >= 4 is 0 Å². The van der Waals surface area contributed by atoms with E-state index < -0.39 is 0 Å². The molecular weight excluding hydrogens is 127 g/mol. The minimum atomic E-state index is -0.129. The van der Waals surface area contributed by atoms with Gasteiger partial charge < -0.3 is 0 Å². The molecule has 0 radical (unpaired) electrons. The molecule has 0 spiro atoms. The third kappa shape index (κ3) is 5.54. The molecule has 0 rings (SSSR count). The van der Waals surface area contributed by atoms with Gasteiger partial charge in [0.15, 0.2) is 0 Å². The molecule has 0 aromatic rings. The lowest BCUT2D eigenvalue weighted by Crippen LogP contribution is -1.72. The number of allylic oxidation sites excluding steroid dienone is 4. The van der Waals surface area contributed by atoms with Crippen LogP contribution in [-0.2, 0) is 0 Å². The van der Waals surface area contributed by atoms with Crippen molar-refractivity contribution in [2.75, 3.05) is 0 Å². The van der Waals surface area contributed by atoms with E-state index in [1.807, 2.05) is 13.0 Å². The summed E-state index contributed by atoms with van der Waals surface area (Å²) in [5.41, 5.74) is 1.24. The molecule has 0 aromatic heterocycles. The van der Waals surface area contributed by atoms with E-state index in [0.29, 0.717) is 0 Å². The first-order valence-corrected chi connectivity index (χ1v) is 3.66. The number of hydrogen-bond acceptors (Lipinski definition) is 0. The molecule has 0 heterocycles. The second-order valence-electron chi connectivity index (χ2n) is 2.52. The first-order chi connectivity index (χ1) is 4.66. The summed E-state index contributed by atoms with van der Waals surface area (Å²) in [4.78, 5) is 0. The van der Waals surface area contributed by atoms with Gasteiger partial charge in [-0.1, -0.05) is 25.0 Å². The molecule has 58 valence electrons. The zero-order valence-corrected chi connectivity index (χ0v) is 6.95. The summed E-state index contributed by atoms with van der Waals surface area (Å²) in [6.45, 7) is 5.59. The molecule has 0 N–H and O–H groups in total. The predicted molar refractivity (Wildman–Crippen MR) is 43.5 cm³/mol. The molecule has 0 aromatic carbocycles. The Morgan fingerprint density at radius 1 is 1.30 bits per heavy atom. The van der Waals surface area contributed by atoms with Gasteiger partial charge in [0.25, 0.3) is 0 Å². The van der Waals surface area contributed by atoms with Gasteiger partial charge in [0.05, 0.1) is 5.83 Å². The Kier molecular flexibility index (Phi) is 4.91. The monoisotopic (exact) mass is 142 g/mol. The third-order valence-corrected chi connectivity index (χ3v) is 1.24. The zero-order chi connectivity index (χ0) is 7.98. The Balaban J connectivity index is 3.79. The Morgan fingerprint density at radius 3 is 2.30 bits per heavy atom. The average molecular weight is 142 g/mol. The fourth-order valence-corrected chi connectivity index (χ4v) is 0.735. The highest BCUT2D eigenvalue weighted by Gasteiger charge is 1.84. The van der Waals surface area contributed by atoms with Crippen LogP contribution in [0.1, 0.15) is 33.6 Å². The van der Waals surface area contributed by atoms with Crippen LogP contribution in [0, 0.1) is 0 Å². The first-order valence-electron chi connectivity index (χ1n) is 3.66. The van der Waals surface area contributed by atoms with E-state index in [1.165, 1.54) is 18.6 Å². The Hall–Kier alpha value is -0.590. The van der Waals surface area contributed by atoms with E-state index in [0.717, 1.165) is 12.8 Å². The summed E-state index contributed by atoms with van der Waals surface area (Å²) in [5, 5.41) is 0. The van der Waals surface area contributed by atoms with Crippen LogP contribution in [0.15, 0.2) is 23.6 Å². The number of halogens is 1. The Morgan fingerprint density at radius 2 is 1.90 bits per heavy atom. The number of hydrogen-bond donors (Lipinski definition) is 0. The van der Waals surface area contributed by atoms with Crippen molar-refractivity contribution in [1.29, 1.82) is 0 Å². The van der Waals surface area contributed by atoms with Crippen LogP contribution < -0.4 is 0 Å². The molecule has 10 heavy (non-hydrogen) atoms. The third-order valence-electron chi connectivity index (χ3n) is 1.24. The summed E-state index contributed by atoms with van der Waals surface area (Å²) < 4.78 is 12.1. The van der Waals surface area contributed by atoms with Gasteiger partial charge in [-0.2, -0.15) is 0 Å². The minimum Gasteiger partial charge on any atom is -0.212 e. The van der Waals surface area contributed by atoms with Crippen LogP contribution in [0.4, 0.5) is 4.39 Å². The molecule has 0 bridgehead atoms. The van der Waals surface area contributed by atoms with Crippen molar-refractivity contribution in [3.63, 3.8) is 0 Å². The topological polar surface area (TPSA) is 0 Å². The molecule has 1 heteroatoms. The quantitative estimate of drug-likeness (QED) is 0.528. The highest BCUT2D eigenvalue weighted by atomic mass is 19.1. The Labute approximate surface area is 62.4 Å². The maximum atomic E-state index is 12.1. The van der Waals surface area contributed by atoms with E-state index in [4.69, 9.17) is 0 Å². The van der Waals surface area contributed by atoms with Crippen molar-refractivity contribution in [3.05, 3.63) is 23.6 Å². The molecule has 0 aliphatic rings. The zero-order valence-electron chi connectivity index (χ0n) is 6.95. The van der Waals surface area contributed by atoms with E-state index in [2.05, 4.69) is 6.92 Å². The molecule has 0 fully saturated rings. The normalized spacial score (nSPS) is 14.0. The van der Waals surface area contributed by atoms with E-state index in [-0.39, 0.29) is 5.83 Å². The number of rotatable bonds is 3. The Bertz CT molecular complexity index is 139. The maximum absolute atomic E-state index is 12.1. The molecule has 0 nitrogen and oxygen atoms in total. The van der Waals surface area contributed by atoms with Gasteiger partial charge in [0, 0.05) is 0 Å². The van der Waals surface area contributed by atoms with E-state index in [9.17, 15) is 4.39 Å². The lowest BCUT2D eigenvalue weighted by Gasteiger charge is -1.92. The van der Waals surface area contributed by atoms with Gasteiger partial charge in [-0.3, -0.25) is 0 Å². The van der Waals surface area contributed by atoms with Gasteiger partial charge in [-0.25, -0.2) is 4.39 Å². The maximum Gasteiger partial charge on any atom is 0.0968 e. The molecule has 0 aliphatic carbocycles. The van der Waals surface area contributed by atoms with Crippen LogP contribution in [0.25, 0.3) is 0 Å². The molecule has 0 saturated carbocycles. The van der Waals surface area contributed by atoms with Crippen LogP contribution in [-0.4, -0.2) is 0 Å². The van der Waals surface area contributed by atoms with Gasteiger partial charge >= 0.3 is 0 Å². The molecule has 0 unspecified atom stereocenters. The predicted octanol–water partition coefficient (Wildman–Crippen LogP) is 3.61. The van der Waals surface area contributed by atoms with Crippen LogP contribution in [0.2, 0.25) is 0 Å². The summed E-state index contributed by atoms with van der Waals surface area (Å²) in [6, 6.07) is 0. The summed E-state index contributed by atoms with van der Waals surface area (Å²) >= 11 is 0. The van der Waals surface area contributed by atoms with Gasteiger partial charge in [0.1, 0.15) is 0 Å². The molecular formula is C9H15F. The second-order valence-corrected chi connectivity index (χ2v) is 2.52. The minimum absolute atomic E-state index is 0.129. The summed E-state index contributed by atoms with van der Waals surface area (Å²) in [6.07, 6.45) is 5.52. The highest BCUT2D eigenvalue weighted by Crippen LogP contribution is 2.04. The van der Waals surface area contributed by atoms with Crippen molar-refractivity contribution in [1.82, 2.24) is 0 Å². The molecule has 0 aliphatic heterocycles. The van der Waals surface area contributed by atoms with Crippen molar-refractivity contribution in [2.45, 2.75) is 33.6 Å². The molecule has 0 atom stereocenters. The van der Waals surface area contributed by atoms with Crippen molar-refractivity contribution < 1.29 is 4.39 Å². The van der Waals surface area contributed by atoms with Crippen LogP contribution in [0.3, 0.4) is 0 Å². The fourth-order valence-electron chi connectivity index (χ4n) is 0.735. The first kappa shape index (κ1) is 9.41. The average Bonchev–Trinajstić information content (AvgIpc) is 1.85. The largest absolute Gasteiger partial charge is 0.212 e. The highest BCUT2D eigenvalue weighted by molar-refractivity contribution is 5.11. The molecule has 0 amide bonds. The summed E-state index contributed by atoms with van der Waals surface area (Å²) in [7, 11) is 0. The van der Waals surface area contributed by atoms with Crippen LogP contribution in [0.5, 0.6) is 0 Å². The summed E-state index contributed by atoms with van der Waals surface area (Å²) in [5.74, 6) is -0.129. The lowest BCUT2D eigenvalue weighted by atomic mass is 10.1. The fraction of sp³-hybridized carbons (Fsp3) is 0.556. The van der Waals surface area contributed by atoms with E-state index in [1.54, 1.807) is 0 Å².